The van der Waals surface area contributed by atoms with Gasteiger partial charge in [-0.2, -0.15) is 0 Å². The van der Waals surface area contributed by atoms with Crippen LogP contribution in [0.3, 0.4) is 0 Å². The third kappa shape index (κ3) is 2.29. The molecule has 3 heteroatoms. The summed E-state index contributed by atoms with van der Waals surface area (Å²) >= 11 is 0. The van der Waals surface area contributed by atoms with Crippen LogP contribution in [0, 0.1) is 0 Å². The van der Waals surface area contributed by atoms with E-state index >= 15 is 0 Å². The van der Waals surface area contributed by atoms with Gasteiger partial charge < -0.3 is 14.6 Å². The third-order valence-corrected chi connectivity index (χ3v) is 3.16. The molecule has 1 heterocycles. The Balaban J connectivity index is 2.48. The summed E-state index contributed by atoms with van der Waals surface area (Å²) < 4.78 is 7.57. The van der Waals surface area contributed by atoms with Gasteiger partial charge in [0.15, 0.2) is 0 Å². The van der Waals surface area contributed by atoms with Crippen LogP contribution in [0.1, 0.15) is 12.5 Å². The molecule has 0 bridgehead atoms. The highest BCUT2D eigenvalue weighted by Crippen LogP contribution is 2.26. The molecule has 0 aliphatic rings. The molecule has 0 saturated heterocycles. The van der Waals surface area contributed by atoms with Crippen molar-refractivity contribution in [2.45, 2.75) is 19.9 Å². The Bertz CT molecular complexity index is 502. The fourth-order valence-corrected chi connectivity index (χ4v) is 2.20. The highest BCUT2D eigenvalue weighted by molar-refractivity contribution is 5.85. The zero-order valence-corrected chi connectivity index (χ0v) is 10.8. The maximum absolute atomic E-state index is 5.29. The summed E-state index contributed by atoms with van der Waals surface area (Å²) in [6, 6.07) is 6.30. The van der Waals surface area contributed by atoms with Crippen LogP contribution in [0.4, 0.5) is 0 Å². The van der Waals surface area contributed by atoms with Gasteiger partial charge in [0.05, 0.1) is 12.6 Å². The predicted octanol–water partition coefficient (Wildman–Crippen LogP) is 2.43. The molecule has 1 aromatic heterocycles. The van der Waals surface area contributed by atoms with Gasteiger partial charge in [-0.3, -0.25) is 0 Å². The summed E-state index contributed by atoms with van der Waals surface area (Å²) in [5.41, 5.74) is 2.66. The molecule has 0 aliphatic carbocycles. The van der Waals surface area contributed by atoms with E-state index in [9.17, 15) is 0 Å². The summed E-state index contributed by atoms with van der Waals surface area (Å²) in [7, 11) is 3.70. The lowest BCUT2D eigenvalue weighted by Crippen LogP contribution is -2.09. The number of benzene rings is 1. The second-order valence-electron chi connectivity index (χ2n) is 4.18. The summed E-state index contributed by atoms with van der Waals surface area (Å²) in [6.45, 7) is 4.17. The largest absolute Gasteiger partial charge is 0.497 e. The molecule has 0 fully saturated rings. The van der Waals surface area contributed by atoms with Crippen molar-refractivity contribution >= 4 is 10.9 Å². The first kappa shape index (κ1) is 12.0. The van der Waals surface area contributed by atoms with Crippen LogP contribution < -0.4 is 10.1 Å². The topological polar surface area (TPSA) is 26.2 Å². The van der Waals surface area contributed by atoms with Crippen molar-refractivity contribution in [1.29, 1.82) is 0 Å². The average molecular weight is 232 g/mol. The number of nitrogens with one attached hydrogen (secondary N) is 1. The molecule has 2 rings (SSSR count). The van der Waals surface area contributed by atoms with Crippen LogP contribution in [0.25, 0.3) is 10.9 Å². The van der Waals surface area contributed by atoms with E-state index in [4.69, 9.17) is 4.74 Å². The zero-order chi connectivity index (χ0) is 12.3. The summed E-state index contributed by atoms with van der Waals surface area (Å²) in [5.74, 6) is 0.922. The van der Waals surface area contributed by atoms with Crippen molar-refractivity contribution in [2.75, 3.05) is 20.7 Å². The molecule has 1 N–H and O–H groups in total. The lowest BCUT2D eigenvalue weighted by atomic mass is 10.1. The van der Waals surface area contributed by atoms with Crippen molar-refractivity contribution in [2.24, 2.45) is 0 Å². The van der Waals surface area contributed by atoms with E-state index in [0.29, 0.717) is 0 Å². The number of hydrogen-bond acceptors (Lipinski definition) is 2. The van der Waals surface area contributed by atoms with Gasteiger partial charge >= 0.3 is 0 Å². The maximum Gasteiger partial charge on any atom is 0.120 e. The van der Waals surface area contributed by atoms with E-state index in [1.165, 1.54) is 16.5 Å². The van der Waals surface area contributed by atoms with E-state index in [0.717, 1.165) is 25.3 Å². The van der Waals surface area contributed by atoms with Gasteiger partial charge in [0.2, 0.25) is 0 Å². The third-order valence-electron chi connectivity index (χ3n) is 3.16. The van der Waals surface area contributed by atoms with Gasteiger partial charge in [-0.05, 0) is 44.6 Å². The number of methoxy groups -OCH3 is 1. The summed E-state index contributed by atoms with van der Waals surface area (Å²) in [5, 5.41) is 4.53. The molecule has 0 spiro atoms. The Hall–Kier alpha value is -1.48. The lowest BCUT2D eigenvalue weighted by molar-refractivity contribution is 0.415. The Morgan fingerprint density at radius 2 is 2.18 bits per heavy atom. The SMILES string of the molecule is CCn1cc(CCNC)c2ccc(OC)cc21. The minimum Gasteiger partial charge on any atom is -0.497 e. The van der Waals surface area contributed by atoms with Gasteiger partial charge in [-0.25, -0.2) is 0 Å². The van der Waals surface area contributed by atoms with E-state index in [1.807, 2.05) is 13.1 Å². The van der Waals surface area contributed by atoms with E-state index in [1.54, 1.807) is 7.11 Å². The molecule has 3 nitrogen and oxygen atoms in total. The fourth-order valence-electron chi connectivity index (χ4n) is 2.20. The van der Waals surface area contributed by atoms with Crippen molar-refractivity contribution in [3.05, 3.63) is 30.0 Å². The Kier molecular flexibility index (Phi) is 3.69. The molecule has 0 radical (unpaired) electrons. The number of aryl methyl sites for hydroxylation is 1. The molecule has 0 atom stereocenters. The summed E-state index contributed by atoms with van der Waals surface area (Å²) in [4.78, 5) is 0. The standard InChI is InChI=1S/C14H20N2O/c1-4-16-10-11(7-8-15-2)13-6-5-12(17-3)9-14(13)16/h5-6,9-10,15H,4,7-8H2,1-3H3. The first-order chi connectivity index (χ1) is 8.30. The van der Waals surface area contributed by atoms with E-state index < -0.39 is 0 Å². The number of likely N-dealkylation sites (N-methyl/N-ethyl adjacent to an activating group) is 1. The van der Waals surface area contributed by atoms with Crippen LogP contribution >= 0.6 is 0 Å². The number of fused-ring (bicyclic) bond motifs is 1. The minimum absolute atomic E-state index is 0.922. The first-order valence-electron chi connectivity index (χ1n) is 6.10. The molecule has 0 unspecified atom stereocenters. The molecule has 0 aliphatic heterocycles. The minimum atomic E-state index is 0.922. The molecular formula is C14H20N2O. The first-order valence-corrected chi connectivity index (χ1v) is 6.10. The van der Waals surface area contributed by atoms with Gasteiger partial charge in [0.25, 0.3) is 0 Å². The van der Waals surface area contributed by atoms with Crippen LogP contribution in [-0.4, -0.2) is 25.3 Å². The number of nitrogens with zero attached hydrogens (tertiary/aromatic N) is 1. The lowest BCUT2D eigenvalue weighted by Gasteiger charge is -2.03. The van der Waals surface area contributed by atoms with E-state index in [-0.39, 0.29) is 0 Å². The fraction of sp³-hybridized carbons (Fsp3) is 0.429. The van der Waals surface area contributed by atoms with Gasteiger partial charge in [0, 0.05) is 24.2 Å². The Morgan fingerprint density at radius 3 is 2.82 bits per heavy atom. The molecule has 92 valence electrons. The van der Waals surface area contributed by atoms with Gasteiger partial charge in [-0.15, -0.1) is 0 Å². The van der Waals surface area contributed by atoms with Crippen LogP contribution in [-0.2, 0) is 13.0 Å². The number of hydrogen-bond donors (Lipinski definition) is 1. The second-order valence-corrected chi connectivity index (χ2v) is 4.18. The molecule has 1 aromatic carbocycles. The normalized spacial score (nSPS) is 11.0. The Labute approximate surface area is 102 Å². The number of ether oxygens (including phenoxy) is 1. The van der Waals surface area contributed by atoms with E-state index in [2.05, 4.69) is 35.1 Å². The smallest absolute Gasteiger partial charge is 0.120 e. The van der Waals surface area contributed by atoms with Crippen molar-refractivity contribution in [1.82, 2.24) is 9.88 Å². The highest BCUT2D eigenvalue weighted by atomic mass is 16.5. The molecule has 0 saturated carbocycles. The monoisotopic (exact) mass is 232 g/mol. The zero-order valence-electron chi connectivity index (χ0n) is 10.8. The van der Waals surface area contributed by atoms with Gasteiger partial charge in [-0.1, -0.05) is 0 Å². The number of aromatic nitrogens is 1. The molecule has 0 amide bonds. The van der Waals surface area contributed by atoms with Crippen molar-refractivity contribution in [3.63, 3.8) is 0 Å². The molecule has 2 aromatic rings. The quantitative estimate of drug-likeness (QED) is 0.857. The number of rotatable bonds is 5. The van der Waals surface area contributed by atoms with Crippen LogP contribution in [0.15, 0.2) is 24.4 Å². The molecule has 17 heavy (non-hydrogen) atoms. The van der Waals surface area contributed by atoms with Gasteiger partial charge in [0.1, 0.15) is 5.75 Å². The summed E-state index contributed by atoms with van der Waals surface area (Å²) in [6.07, 6.45) is 3.31. The highest BCUT2D eigenvalue weighted by Gasteiger charge is 2.08. The maximum atomic E-state index is 5.29. The second kappa shape index (κ2) is 5.23. The van der Waals surface area contributed by atoms with Crippen LogP contribution in [0.2, 0.25) is 0 Å². The van der Waals surface area contributed by atoms with Crippen LogP contribution in [0.5, 0.6) is 5.75 Å². The average Bonchev–Trinajstić information content (AvgIpc) is 2.73. The Morgan fingerprint density at radius 1 is 1.35 bits per heavy atom. The van der Waals surface area contributed by atoms with Crippen molar-refractivity contribution < 1.29 is 4.74 Å². The van der Waals surface area contributed by atoms with Crippen molar-refractivity contribution in [3.8, 4) is 5.75 Å². The molecular weight excluding hydrogens is 212 g/mol. The predicted molar refractivity (Wildman–Crippen MR) is 71.8 cm³/mol.